The molecule has 0 unspecified atom stereocenters. The first-order valence-corrected chi connectivity index (χ1v) is 11.2. The molecule has 2 aliphatic rings. The van der Waals surface area contributed by atoms with Crippen LogP contribution in [0.15, 0.2) is 64.6 Å². The molecule has 2 aromatic carbocycles. The van der Waals surface area contributed by atoms with Gasteiger partial charge in [-0.15, -0.1) is 0 Å². The Bertz CT molecular complexity index is 1280. The number of fused-ring (bicyclic) bond motifs is 2. The SMILES string of the molecule is CC1=C([C@H](C)S(=O)(=O)c2ccc(C)cc2)[C@@]2(OC1=O)C(=O)N(C)C(=O)c1ccccc12. The first-order valence-electron chi connectivity index (χ1n) is 9.70. The largest absolute Gasteiger partial charge is 0.436 e. The lowest BCUT2D eigenvalue weighted by molar-refractivity contribution is -0.163. The summed E-state index contributed by atoms with van der Waals surface area (Å²) in [6.07, 6.45) is 0. The molecule has 0 bridgehead atoms. The van der Waals surface area contributed by atoms with Gasteiger partial charge in [0.1, 0.15) is 0 Å². The van der Waals surface area contributed by atoms with Gasteiger partial charge in [0.05, 0.1) is 10.1 Å². The molecule has 160 valence electrons. The van der Waals surface area contributed by atoms with Crippen molar-refractivity contribution >= 4 is 27.6 Å². The lowest BCUT2D eigenvalue weighted by atomic mass is 9.77. The van der Waals surface area contributed by atoms with Crippen LogP contribution in [0.2, 0.25) is 0 Å². The van der Waals surface area contributed by atoms with Gasteiger partial charge in [0, 0.05) is 29.3 Å². The van der Waals surface area contributed by atoms with E-state index in [2.05, 4.69) is 0 Å². The molecule has 4 rings (SSSR count). The van der Waals surface area contributed by atoms with E-state index in [-0.39, 0.29) is 27.2 Å². The summed E-state index contributed by atoms with van der Waals surface area (Å²) in [5.41, 5.74) is -0.658. The molecule has 0 saturated heterocycles. The molecule has 0 N–H and O–H groups in total. The predicted molar refractivity (Wildman–Crippen MR) is 112 cm³/mol. The van der Waals surface area contributed by atoms with Gasteiger partial charge in [0.2, 0.25) is 5.60 Å². The van der Waals surface area contributed by atoms with Crippen LogP contribution in [0.4, 0.5) is 0 Å². The summed E-state index contributed by atoms with van der Waals surface area (Å²) in [4.78, 5) is 39.8. The molecule has 0 aliphatic carbocycles. The predicted octanol–water partition coefficient (Wildman–Crippen LogP) is 2.54. The van der Waals surface area contributed by atoms with Crippen LogP contribution < -0.4 is 0 Å². The Morgan fingerprint density at radius 1 is 0.968 bits per heavy atom. The van der Waals surface area contributed by atoms with E-state index in [9.17, 15) is 22.8 Å². The maximum absolute atomic E-state index is 13.5. The number of nitrogens with zero attached hydrogens (tertiary/aromatic N) is 1. The Kier molecular flexibility index (Phi) is 4.66. The van der Waals surface area contributed by atoms with Crippen molar-refractivity contribution in [2.45, 2.75) is 36.5 Å². The Morgan fingerprint density at radius 3 is 2.23 bits per heavy atom. The summed E-state index contributed by atoms with van der Waals surface area (Å²) in [5.74, 6) is -2.12. The molecule has 0 radical (unpaired) electrons. The third-order valence-corrected chi connectivity index (χ3v) is 8.10. The normalized spacial score (nSPS) is 22.1. The molecule has 0 aromatic heterocycles. The van der Waals surface area contributed by atoms with E-state index in [4.69, 9.17) is 4.74 Å². The Morgan fingerprint density at radius 2 is 1.58 bits per heavy atom. The number of benzene rings is 2. The zero-order chi connectivity index (χ0) is 22.7. The van der Waals surface area contributed by atoms with Crippen LogP contribution in [-0.2, 0) is 29.8 Å². The molecule has 0 fully saturated rings. The van der Waals surface area contributed by atoms with E-state index in [0.717, 1.165) is 10.5 Å². The molecule has 31 heavy (non-hydrogen) atoms. The topological polar surface area (TPSA) is 97.8 Å². The maximum atomic E-state index is 13.5. The summed E-state index contributed by atoms with van der Waals surface area (Å²) < 4.78 is 32.6. The number of esters is 1. The van der Waals surface area contributed by atoms with Crippen molar-refractivity contribution in [1.82, 2.24) is 4.90 Å². The first-order chi connectivity index (χ1) is 14.5. The Balaban J connectivity index is 1.98. The Labute approximate surface area is 180 Å². The number of likely N-dealkylation sites (N-methyl/N-ethyl adjacent to an activating group) is 1. The van der Waals surface area contributed by atoms with Gasteiger partial charge in [0.25, 0.3) is 11.8 Å². The molecule has 2 aliphatic heterocycles. The highest BCUT2D eigenvalue weighted by Gasteiger charge is 2.61. The van der Waals surface area contributed by atoms with Gasteiger partial charge in [-0.05, 0) is 39.0 Å². The summed E-state index contributed by atoms with van der Waals surface area (Å²) in [7, 11) is -2.68. The van der Waals surface area contributed by atoms with Crippen LogP contribution >= 0.6 is 0 Å². The lowest BCUT2D eigenvalue weighted by Gasteiger charge is -2.39. The molecule has 2 amide bonds. The fourth-order valence-corrected chi connectivity index (χ4v) is 5.86. The van der Waals surface area contributed by atoms with Gasteiger partial charge in [0.15, 0.2) is 9.84 Å². The van der Waals surface area contributed by atoms with Crippen molar-refractivity contribution in [3.63, 3.8) is 0 Å². The van der Waals surface area contributed by atoms with Crippen molar-refractivity contribution in [2.75, 3.05) is 7.05 Å². The third kappa shape index (κ3) is 2.78. The number of ether oxygens (including phenoxy) is 1. The summed E-state index contributed by atoms with van der Waals surface area (Å²) in [6, 6.07) is 12.6. The molecule has 1 spiro atoms. The number of amides is 2. The van der Waals surface area contributed by atoms with Gasteiger partial charge in [-0.2, -0.15) is 0 Å². The smallest absolute Gasteiger partial charge is 0.335 e. The van der Waals surface area contributed by atoms with Crippen LogP contribution in [0.3, 0.4) is 0 Å². The second kappa shape index (κ2) is 6.88. The summed E-state index contributed by atoms with van der Waals surface area (Å²) in [6.45, 7) is 4.72. The van der Waals surface area contributed by atoms with Crippen molar-refractivity contribution in [3.8, 4) is 0 Å². The number of hydrogen-bond acceptors (Lipinski definition) is 6. The van der Waals surface area contributed by atoms with Gasteiger partial charge in [-0.25, -0.2) is 13.2 Å². The highest BCUT2D eigenvalue weighted by atomic mass is 32.2. The van der Waals surface area contributed by atoms with Crippen molar-refractivity contribution < 1.29 is 27.5 Å². The number of aryl methyl sites for hydroxylation is 1. The van der Waals surface area contributed by atoms with Gasteiger partial charge < -0.3 is 4.74 Å². The van der Waals surface area contributed by atoms with Gasteiger partial charge in [-0.1, -0.05) is 35.9 Å². The fraction of sp³-hybridized carbons (Fsp3) is 0.261. The monoisotopic (exact) mass is 439 g/mol. The number of imide groups is 1. The highest BCUT2D eigenvalue weighted by Crippen LogP contribution is 2.49. The molecular weight excluding hydrogens is 418 g/mol. The van der Waals surface area contributed by atoms with Crippen LogP contribution in [0.25, 0.3) is 0 Å². The molecule has 2 aromatic rings. The lowest BCUT2D eigenvalue weighted by Crippen LogP contribution is -2.55. The number of rotatable bonds is 3. The number of hydrogen-bond donors (Lipinski definition) is 0. The molecular formula is C23H21NO6S. The zero-order valence-electron chi connectivity index (χ0n) is 17.5. The van der Waals surface area contributed by atoms with Crippen molar-refractivity contribution in [3.05, 3.63) is 76.4 Å². The highest BCUT2D eigenvalue weighted by molar-refractivity contribution is 7.92. The van der Waals surface area contributed by atoms with E-state index in [0.29, 0.717) is 0 Å². The minimum absolute atomic E-state index is 0.0369. The number of sulfone groups is 1. The van der Waals surface area contributed by atoms with Crippen LogP contribution in [0.5, 0.6) is 0 Å². The first kappa shape index (κ1) is 21.0. The standard InChI is InChI=1S/C23H21NO6S/c1-13-9-11-16(12-10-13)31(28,29)15(3)19-14(2)21(26)30-23(19)18-8-6-5-7-17(18)20(25)24(4)22(23)27/h5-12,15H,1-4H3/t15-,23+/m0/s1. The second-order valence-corrected chi connectivity index (χ2v) is 10.1. The second-order valence-electron chi connectivity index (χ2n) is 7.82. The van der Waals surface area contributed by atoms with Crippen LogP contribution in [0, 0.1) is 6.92 Å². The molecule has 0 saturated carbocycles. The minimum Gasteiger partial charge on any atom is -0.436 e. The van der Waals surface area contributed by atoms with Crippen LogP contribution in [-0.4, -0.2) is 43.4 Å². The van der Waals surface area contributed by atoms with E-state index in [1.807, 2.05) is 6.92 Å². The molecule has 8 heteroatoms. The van der Waals surface area contributed by atoms with Crippen LogP contribution in [0.1, 0.15) is 35.3 Å². The summed E-state index contributed by atoms with van der Waals surface area (Å²) >= 11 is 0. The molecule has 2 heterocycles. The molecule has 7 nitrogen and oxygen atoms in total. The van der Waals surface area contributed by atoms with E-state index in [1.54, 1.807) is 24.3 Å². The van der Waals surface area contributed by atoms with Gasteiger partial charge in [-0.3, -0.25) is 14.5 Å². The average Bonchev–Trinajstić information content (AvgIpc) is 3.02. The van der Waals surface area contributed by atoms with E-state index in [1.165, 1.54) is 45.2 Å². The third-order valence-electron chi connectivity index (χ3n) is 6.00. The average molecular weight is 439 g/mol. The summed E-state index contributed by atoms with van der Waals surface area (Å²) in [5, 5.41) is -1.25. The van der Waals surface area contributed by atoms with E-state index < -0.39 is 38.5 Å². The zero-order valence-corrected chi connectivity index (χ0v) is 18.3. The van der Waals surface area contributed by atoms with Crippen molar-refractivity contribution in [2.24, 2.45) is 0 Å². The minimum atomic E-state index is -3.97. The van der Waals surface area contributed by atoms with Gasteiger partial charge >= 0.3 is 5.97 Å². The van der Waals surface area contributed by atoms with E-state index >= 15 is 0 Å². The van der Waals surface area contributed by atoms with Crippen molar-refractivity contribution in [1.29, 1.82) is 0 Å². The fourth-order valence-electron chi connectivity index (χ4n) is 4.28. The Hall–Kier alpha value is -3.26. The number of carbonyl (C=O) groups excluding carboxylic acids is 3. The maximum Gasteiger partial charge on any atom is 0.335 e. The molecule has 2 atom stereocenters. The quantitative estimate of drug-likeness (QED) is 0.539. The number of carbonyl (C=O) groups is 3.